The monoisotopic (exact) mass is 479 g/mol. The highest BCUT2D eigenvalue weighted by molar-refractivity contribution is 7.55. The summed E-state index contributed by atoms with van der Waals surface area (Å²) in [5.74, 6) is 0.882. The van der Waals surface area contributed by atoms with Crippen LogP contribution in [-0.4, -0.2) is 18.5 Å². The lowest BCUT2D eigenvalue weighted by atomic mass is 10.0. The van der Waals surface area contributed by atoms with Crippen LogP contribution in [0.1, 0.15) is 110 Å². The molecule has 1 fully saturated rings. The van der Waals surface area contributed by atoms with Crippen molar-refractivity contribution in [2.45, 2.75) is 117 Å². The second-order valence-corrected chi connectivity index (χ2v) is 12.4. The molecule has 0 amide bonds. The van der Waals surface area contributed by atoms with Gasteiger partial charge in [0.1, 0.15) is 5.28 Å². The minimum Gasteiger partial charge on any atom is -0.307 e. The molecule has 0 saturated heterocycles. The Balaban J connectivity index is 2.20. The molecule has 1 aromatic carbocycles. The predicted molar refractivity (Wildman–Crippen MR) is 141 cm³/mol. The van der Waals surface area contributed by atoms with Gasteiger partial charge in [-0.3, -0.25) is 9.88 Å². The van der Waals surface area contributed by atoms with Crippen molar-refractivity contribution in [1.82, 2.24) is 5.32 Å². The zero-order valence-electron chi connectivity index (χ0n) is 21.8. The van der Waals surface area contributed by atoms with Crippen LogP contribution >= 0.6 is 7.60 Å². The molecule has 1 N–H and O–H groups in total. The van der Waals surface area contributed by atoms with E-state index in [-0.39, 0.29) is 0 Å². The van der Waals surface area contributed by atoms with Crippen LogP contribution in [0.4, 0.5) is 0 Å². The van der Waals surface area contributed by atoms with Gasteiger partial charge in [-0.15, -0.1) is 0 Å². The largest absolute Gasteiger partial charge is 0.350 e. The smallest absolute Gasteiger partial charge is 0.307 e. The molecular formula is C28H50NO3P. The zero-order chi connectivity index (χ0) is 24.0. The maximum Gasteiger partial charge on any atom is 0.350 e. The Kier molecular flexibility index (Phi) is 13.3. The van der Waals surface area contributed by atoms with Gasteiger partial charge in [0.05, 0.1) is 13.2 Å². The van der Waals surface area contributed by atoms with Gasteiger partial charge in [-0.25, -0.2) is 0 Å². The number of hydrogen-bond donors (Lipinski definition) is 1. The van der Waals surface area contributed by atoms with Crippen LogP contribution in [-0.2, 0) is 20.2 Å². The molecule has 1 aliphatic rings. The fraction of sp³-hybridized carbons (Fsp3) is 0.786. The van der Waals surface area contributed by atoms with Crippen molar-refractivity contribution < 1.29 is 13.6 Å². The van der Waals surface area contributed by atoms with Crippen LogP contribution in [0.2, 0.25) is 0 Å². The van der Waals surface area contributed by atoms with Crippen molar-refractivity contribution in [3.8, 4) is 0 Å². The lowest BCUT2D eigenvalue weighted by molar-refractivity contribution is 0.129. The minimum absolute atomic E-state index is 0.441. The average molecular weight is 480 g/mol. The molecule has 5 heteroatoms. The Morgan fingerprint density at radius 1 is 0.879 bits per heavy atom. The van der Waals surface area contributed by atoms with Crippen LogP contribution in [0, 0.1) is 11.8 Å². The van der Waals surface area contributed by atoms with Gasteiger partial charge in [0.15, 0.2) is 0 Å². The highest BCUT2D eigenvalue weighted by Gasteiger charge is 2.52. The highest BCUT2D eigenvalue weighted by Crippen LogP contribution is 2.65. The average Bonchev–Trinajstić information content (AvgIpc) is 3.34. The second-order valence-electron chi connectivity index (χ2n) is 10.00. The van der Waals surface area contributed by atoms with E-state index in [1.807, 2.05) is 6.07 Å². The summed E-state index contributed by atoms with van der Waals surface area (Å²) in [4.78, 5) is 0. The molecule has 1 aromatic rings. The van der Waals surface area contributed by atoms with Crippen LogP contribution in [0.15, 0.2) is 30.3 Å². The van der Waals surface area contributed by atoms with E-state index in [9.17, 15) is 4.57 Å². The first-order valence-corrected chi connectivity index (χ1v) is 15.2. The van der Waals surface area contributed by atoms with Gasteiger partial charge >= 0.3 is 7.60 Å². The molecule has 33 heavy (non-hydrogen) atoms. The molecule has 1 aliphatic carbocycles. The second kappa shape index (κ2) is 15.4. The maximum absolute atomic E-state index is 14.6. The van der Waals surface area contributed by atoms with Crippen molar-refractivity contribution in [2.24, 2.45) is 11.8 Å². The SMILES string of the molecule is CCCCC(CC)COP(=O)(OCC(CC)CCCC)C1(NCc2ccccc2)CCCC1. The summed E-state index contributed by atoms with van der Waals surface area (Å²) < 4.78 is 27.5. The Hall–Kier alpha value is -0.670. The van der Waals surface area contributed by atoms with E-state index in [2.05, 4.69) is 57.3 Å². The predicted octanol–water partition coefficient (Wildman–Crippen LogP) is 8.71. The van der Waals surface area contributed by atoms with Gasteiger partial charge in [0, 0.05) is 6.54 Å². The molecule has 2 atom stereocenters. The lowest BCUT2D eigenvalue weighted by Gasteiger charge is -2.38. The molecule has 1 saturated carbocycles. The number of rotatable bonds is 18. The van der Waals surface area contributed by atoms with Crippen LogP contribution < -0.4 is 5.32 Å². The summed E-state index contributed by atoms with van der Waals surface area (Å²) in [6.07, 6.45) is 13.0. The molecule has 0 radical (unpaired) electrons. The number of benzene rings is 1. The molecule has 0 aliphatic heterocycles. The van der Waals surface area contributed by atoms with Crippen molar-refractivity contribution in [2.75, 3.05) is 13.2 Å². The summed E-state index contributed by atoms with van der Waals surface area (Å²) in [5, 5.41) is 3.13. The molecule has 2 unspecified atom stereocenters. The van der Waals surface area contributed by atoms with E-state index >= 15 is 0 Å². The summed E-state index contributed by atoms with van der Waals surface area (Å²) in [6, 6.07) is 10.4. The Labute approximate surface area is 204 Å². The standard InChI is InChI=1S/C28H50NO3P/c1-5-9-16-25(7-3)23-31-33(30,32-24-26(8-4)17-10-6-2)28(20-14-15-21-28)29-22-27-18-12-11-13-19-27/h11-13,18-19,25-26,29H,5-10,14-17,20-24H2,1-4H3. The lowest BCUT2D eigenvalue weighted by Crippen LogP contribution is -2.43. The Bertz CT molecular complexity index is 651. The number of hydrogen-bond acceptors (Lipinski definition) is 4. The third-order valence-corrected chi connectivity index (χ3v) is 10.1. The van der Waals surface area contributed by atoms with E-state index in [0.29, 0.717) is 31.6 Å². The van der Waals surface area contributed by atoms with Crippen LogP contribution in [0.3, 0.4) is 0 Å². The third-order valence-electron chi connectivity index (χ3n) is 7.47. The van der Waals surface area contributed by atoms with Gasteiger partial charge in [0.25, 0.3) is 0 Å². The van der Waals surface area contributed by atoms with E-state index in [1.165, 1.54) is 31.2 Å². The van der Waals surface area contributed by atoms with Crippen molar-refractivity contribution in [1.29, 1.82) is 0 Å². The van der Waals surface area contributed by atoms with Crippen LogP contribution in [0.5, 0.6) is 0 Å². The highest BCUT2D eigenvalue weighted by atomic mass is 31.2. The Morgan fingerprint density at radius 3 is 1.85 bits per heavy atom. The van der Waals surface area contributed by atoms with Gasteiger partial charge in [-0.05, 0) is 43.1 Å². The fourth-order valence-electron chi connectivity index (χ4n) is 4.86. The zero-order valence-corrected chi connectivity index (χ0v) is 22.7. The van der Waals surface area contributed by atoms with Crippen LogP contribution in [0.25, 0.3) is 0 Å². The van der Waals surface area contributed by atoms with Crippen molar-refractivity contribution in [3.63, 3.8) is 0 Å². The first-order valence-electron chi connectivity index (χ1n) is 13.7. The van der Waals surface area contributed by atoms with E-state index in [4.69, 9.17) is 9.05 Å². The van der Waals surface area contributed by atoms with Gasteiger partial charge in [-0.1, -0.05) is 109 Å². The van der Waals surface area contributed by atoms with E-state index in [1.54, 1.807) is 0 Å². The van der Waals surface area contributed by atoms with Gasteiger partial charge in [-0.2, -0.15) is 0 Å². The van der Waals surface area contributed by atoms with Crippen molar-refractivity contribution >= 4 is 7.60 Å². The fourth-order valence-corrected chi connectivity index (χ4v) is 7.38. The summed E-state index contributed by atoms with van der Waals surface area (Å²) >= 11 is 0. The normalized spacial score (nSPS) is 19.3. The summed E-state index contributed by atoms with van der Waals surface area (Å²) in [5.41, 5.74) is 1.21. The summed E-state index contributed by atoms with van der Waals surface area (Å²) in [6.45, 7) is 10.6. The van der Waals surface area contributed by atoms with E-state index in [0.717, 1.165) is 51.4 Å². The quantitative estimate of drug-likeness (QED) is 0.214. The molecular weight excluding hydrogens is 429 g/mol. The van der Waals surface area contributed by atoms with Gasteiger partial charge < -0.3 is 9.05 Å². The molecule has 4 nitrogen and oxygen atoms in total. The Morgan fingerprint density at radius 2 is 1.39 bits per heavy atom. The molecule has 0 spiro atoms. The van der Waals surface area contributed by atoms with Gasteiger partial charge in [0.2, 0.25) is 0 Å². The molecule has 190 valence electrons. The first-order chi connectivity index (χ1) is 16.0. The molecule has 0 aromatic heterocycles. The molecule has 0 heterocycles. The number of nitrogens with one attached hydrogen (secondary N) is 1. The van der Waals surface area contributed by atoms with Crippen molar-refractivity contribution in [3.05, 3.63) is 35.9 Å². The minimum atomic E-state index is -3.34. The van der Waals surface area contributed by atoms with E-state index < -0.39 is 12.9 Å². The topological polar surface area (TPSA) is 47.6 Å². The third kappa shape index (κ3) is 8.80. The summed E-state index contributed by atoms with van der Waals surface area (Å²) in [7, 11) is -3.34. The number of unbranched alkanes of at least 4 members (excludes halogenated alkanes) is 2. The maximum atomic E-state index is 14.6. The first kappa shape index (κ1) is 28.6. The molecule has 2 rings (SSSR count). The molecule has 0 bridgehead atoms.